The highest BCUT2D eigenvalue weighted by atomic mass is 16.3. The molecule has 2 aromatic carbocycles. The van der Waals surface area contributed by atoms with Crippen molar-refractivity contribution in [1.82, 2.24) is 0 Å². The van der Waals surface area contributed by atoms with Gasteiger partial charge in [-0.15, -0.1) is 0 Å². The fraction of sp³-hybridized carbons (Fsp3) is 0.350. The number of benzene rings is 2. The van der Waals surface area contributed by atoms with Crippen LogP contribution in [0.15, 0.2) is 24.3 Å². The Morgan fingerprint density at radius 2 is 1.61 bits per heavy atom. The number of carbonyl (C=O) groups excluding carboxylic acids is 1. The predicted octanol–water partition coefficient (Wildman–Crippen LogP) is 4.48. The van der Waals surface area contributed by atoms with E-state index in [2.05, 4.69) is 13.8 Å². The molecule has 0 aliphatic heterocycles. The lowest BCUT2D eigenvalue weighted by atomic mass is 9.77. The van der Waals surface area contributed by atoms with Gasteiger partial charge in [-0.25, -0.2) is 0 Å². The minimum atomic E-state index is -0.277. The van der Waals surface area contributed by atoms with Crippen molar-refractivity contribution in [2.45, 2.75) is 46.0 Å². The maximum atomic E-state index is 13.0. The molecule has 0 aromatic heterocycles. The topological polar surface area (TPSA) is 57.5 Å². The first-order valence-electron chi connectivity index (χ1n) is 8.07. The van der Waals surface area contributed by atoms with E-state index in [1.165, 1.54) is 6.07 Å². The third-order valence-electron chi connectivity index (χ3n) is 4.67. The Morgan fingerprint density at radius 3 is 2.22 bits per heavy atom. The second kappa shape index (κ2) is 5.41. The van der Waals surface area contributed by atoms with Crippen LogP contribution in [0.25, 0.3) is 0 Å². The van der Waals surface area contributed by atoms with Gasteiger partial charge in [0.25, 0.3) is 0 Å². The molecule has 0 unspecified atom stereocenters. The molecule has 0 fully saturated rings. The van der Waals surface area contributed by atoms with Gasteiger partial charge in [-0.3, -0.25) is 4.79 Å². The van der Waals surface area contributed by atoms with Crippen LogP contribution in [-0.2, 0) is 6.42 Å². The Morgan fingerprint density at radius 1 is 0.957 bits per heavy atom. The van der Waals surface area contributed by atoms with E-state index in [0.717, 1.165) is 22.3 Å². The number of phenolic OH excluding ortho intramolecular Hbond substituents is 2. The number of hydrogen-bond acceptors (Lipinski definition) is 3. The van der Waals surface area contributed by atoms with E-state index in [0.29, 0.717) is 17.5 Å². The fourth-order valence-electron chi connectivity index (χ4n) is 3.46. The zero-order valence-electron chi connectivity index (χ0n) is 14.0. The summed E-state index contributed by atoms with van der Waals surface area (Å²) >= 11 is 0. The van der Waals surface area contributed by atoms with Gasteiger partial charge in [-0.1, -0.05) is 45.9 Å². The summed E-state index contributed by atoms with van der Waals surface area (Å²) < 4.78 is 0. The maximum Gasteiger partial charge on any atom is 0.201 e. The van der Waals surface area contributed by atoms with Gasteiger partial charge in [-0.2, -0.15) is 0 Å². The average Bonchev–Trinajstić information content (AvgIpc) is 2.46. The largest absolute Gasteiger partial charge is 0.507 e. The maximum absolute atomic E-state index is 13.0. The van der Waals surface area contributed by atoms with E-state index in [9.17, 15) is 15.0 Å². The summed E-state index contributed by atoms with van der Waals surface area (Å²) in [6.07, 6.45) is 0.560. The average molecular weight is 310 g/mol. The summed E-state index contributed by atoms with van der Waals surface area (Å²) in [5, 5.41) is 20.8. The molecule has 0 saturated carbocycles. The van der Waals surface area contributed by atoms with Crippen LogP contribution in [0.3, 0.4) is 0 Å². The Bertz CT molecular complexity index is 801. The van der Waals surface area contributed by atoms with Gasteiger partial charge < -0.3 is 10.2 Å². The first kappa shape index (κ1) is 15.6. The molecule has 1 aliphatic rings. The molecule has 0 spiro atoms. The van der Waals surface area contributed by atoms with Crippen LogP contribution in [0.5, 0.6) is 11.5 Å². The number of hydrogen-bond donors (Lipinski definition) is 2. The highest BCUT2D eigenvalue weighted by Crippen LogP contribution is 2.43. The van der Waals surface area contributed by atoms with E-state index in [4.69, 9.17) is 0 Å². The van der Waals surface area contributed by atoms with Gasteiger partial charge in [-0.05, 0) is 46.6 Å². The molecule has 23 heavy (non-hydrogen) atoms. The van der Waals surface area contributed by atoms with Crippen LogP contribution in [0, 0.1) is 0 Å². The number of fused-ring (bicyclic) bond motifs is 2. The molecule has 3 heteroatoms. The van der Waals surface area contributed by atoms with Gasteiger partial charge in [0.05, 0.1) is 11.1 Å². The smallest absolute Gasteiger partial charge is 0.201 e. The standard InChI is InChI=1S/C20H22O3/c1-10(2)13-9-14(11(3)4)19(22)18-15(13)8-12-6-5-7-16(21)17(12)20(18)23/h5-7,9-11,21-22H,8H2,1-4H3. The molecule has 0 bridgehead atoms. The zero-order chi connectivity index (χ0) is 16.9. The normalized spacial score (nSPS) is 13.4. The summed E-state index contributed by atoms with van der Waals surface area (Å²) in [6, 6.07) is 7.18. The molecule has 3 rings (SSSR count). The fourth-order valence-corrected chi connectivity index (χ4v) is 3.46. The minimum absolute atomic E-state index is 0.0152. The summed E-state index contributed by atoms with van der Waals surface area (Å²) in [4.78, 5) is 13.0. The van der Waals surface area contributed by atoms with Crippen LogP contribution >= 0.6 is 0 Å². The Kier molecular flexibility index (Phi) is 3.67. The molecule has 0 amide bonds. The van der Waals surface area contributed by atoms with Crippen molar-refractivity contribution in [3.8, 4) is 11.5 Å². The Balaban J connectivity index is 2.34. The second-order valence-electron chi connectivity index (χ2n) is 6.88. The highest BCUT2D eigenvalue weighted by molar-refractivity contribution is 6.16. The van der Waals surface area contributed by atoms with Crippen molar-refractivity contribution in [3.63, 3.8) is 0 Å². The van der Waals surface area contributed by atoms with Gasteiger partial charge in [0.1, 0.15) is 11.5 Å². The Hall–Kier alpha value is -2.29. The van der Waals surface area contributed by atoms with Crippen molar-refractivity contribution in [2.24, 2.45) is 0 Å². The number of carbonyl (C=O) groups is 1. The number of aromatic hydroxyl groups is 2. The second-order valence-corrected chi connectivity index (χ2v) is 6.88. The molecule has 120 valence electrons. The first-order chi connectivity index (χ1) is 10.8. The van der Waals surface area contributed by atoms with Crippen LogP contribution in [0.2, 0.25) is 0 Å². The minimum Gasteiger partial charge on any atom is -0.507 e. The van der Waals surface area contributed by atoms with Gasteiger partial charge >= 0.3 is 0 Å². The molecule has 0 heterocycles. The summed E-state index contributed by atoms with van der Waals surface area (Å²) in [5.41, 5.74) is 4.30. The van der Waals surface area contributed by atoms with Crippen molar-refractivity contribution in [2.75, 3.05) is 0 Å². The van der Waals surface area contributed by atoms with E-state index in [-0.39, 0.29) is 29.1 Å². The third kappa shape index (κ3) is 2.31. The molecule has 2 N–H and O–H groups in total. The Labute approximate surface area is 136 Å². The molecule has 2 aromatic rings. The first-order valence-corrected chi connectivity index (χ1v) is 8.07. The van der Waals surface area contributed by atoms with E-state index in [1.54, 1.807) is 6.07 Å². The summed E-state index contributed by atoms with van der Waals surface area (Å²) in [6.45, 7) is 8.20. The van der Waals surface area contributed by atoms with Gasteiger partial charge in [0, 0.05) is 0 Å². The molecular weight excluding hydrogens is 288 g/mol. The van der Waals surface area contributed by atoms with Crippen molar-refractivity contribution in [1.29, 1.82) is 0 Å². The summed E-state index contributed by atoms with van der Waals surface area (Å²) in [7, 11) is 0. The molecule has 3 nitrogen and oxygen atoms in total. The number of rotatable bonds is 2. The number of ketones is 1. The van der Waals surface area contributed by atoms with Gasteiger partial charge in [0.2, 0.25) is 5.78 Å². The van der Waals surface area contributed by atoms with Crippen molar-refractivity contribution in [3.05, 3.63) is 57.6 Å². The van der Waals surface area contributed by atoms with Crippen molar-refractivity contribution < 1.29 is 15.0 Å². The van der Waals surface area contributed by atoms with Crippen LogP contribution in [0.1, 0.15) is 77.7 Å². The molecule has 0 radical (unpaired) electrons. The molecular formula is C20H22O3. The molecule has 0 atom stereocenters. The van der Waals surface area contributed by atoms with E-state index >= 15 is 0 Å². The predicted molar refractivity (Wildman–Crippen MR) is 90.6 cm³/mol. The molecule has 1 aliphatic carbocycles. The van der Waals surface area contributed by atoms with Crippen molar-refractivity contribution >= 4 is 5.78 Å². The van der Waals surface area contributed by atoms with Crippen LogP contribution < -0.4 is 0 Å². The van der Waals surface area contributed by atoms with E-state index in [1.807, 2.05) is 26.0 Å². The van der Waals surface area contributed by atoms with Crippen LogP contribution in [-0.4, -0.2) is 16.0 Å². The highest BCUT2D eigenvalue weighted by Gasteiger charge is 2.32. The lowest BCUT2D eigenvalue weighted by Gasteiger charge is -2.26. The SMILES string of the molecule is CC(C)c1cc(C(C)C)c2c(c1O)C(=O)c1c(O)cccc1C2. The van der Waals surface area contributed by atoms with E-state index < -0.39 is 0 Å². The van der Waals surface area contributed by atoms with Gasteiger partial charge in [0.15, 0.2) is 0 Å². The lowest BCUT2D eigenvalue weighted by molar-refractivity contribution is 0.102. The van der Waals surface area contributed by atoms with Crippen LogP contribution in [0.4, 0.5) is 0 Å². The third-order valence-corrected chi connectivity index (χ3v) is 4.67. The quantitative estimate of drug-likeness (QED) is 0.733. The molecule has 0 saturated heterocycles. The monoisotopic (exact) mass is 310 g/mol. The summed E-state index contributed by atoms with van der Waals surface area (Å²) in [5.74, 6) is 0.156. The zero-order valence-corrected chi connectivity index (χ0v) is 14.0. The lowest BCUT2D eigenvalue weighted by Crippen LogP contribution is -2.19. The number of phenols is 2.